The third kappa shape index (κ3) is 6.45. The Balaban J connectivity index is 1.08. The summed E-state index contributed by atoms with van der Waals surface area (Å²) in [5, 5.41) is 4.25. The summed E-state index contributed by atoms with van der Waals surface area (Å²) >= 11 is 0. The van der Waals surface area contributed by atoms with Crippen LogP contribution in [0, 0.1) is 0 Å². The summed E-state index contributed by atoms with van der Waals surface area (Å²) in [5.74, 6) is 1.85. The fraction of sp³-hybridized carbons (Fsp3) is 0. The van der Waals surface area contributed by atoms with Crippen LogP contribution in [0.2, 0.25) is 0 Å². The summed E-state index contributed by atoms with van der Waals surface area (Å²) in [4.78, 5) is 17.3. The Morgan fingerprint density at radius 3 is 1.20 bits per heavy atom. The lowest BCUT2D eigenvalue weighted by molar-refractivity contribution is 0.669. The minimum atomic E-state index is 0.601. The number of hydrogen-bond acceptors (Lipinski definition) is 5. The summed E-state index contributed by atoms with van der Waals surface area (Å²) in [6, 6.07) is 75.8. The van der Waals surface area contributed by atoms with Gasteiger partial charge in [-0.25, -0.2) is 15.0 Å². The van der Waals surface area contributed by atoms with Gasteiger partial charge in [0, 0.05) is 50.3 Å². The van der Waals surface area contributed by atoms with Crippen LogP contribution < -0.4 is 4.90 Å². The fourth-order valence-electron chi connectivity index (χ4n) is 8.18. The lowest BCUT2D eigenvalue weighted by Crippen LogP contribution is -2.10. The third-order valence-corrected chi connectivity index (χ3v) is 11.1. The molecule has 0 aliphatic rings. The van der Waals surface area contributed by atoms with E-state index >= 15 is 0 Å². The van der Waals surface area contributed by atoms with E-state index in [9.17, 15) is 0 Å². The molecule has 0 spiro atoms. The zero-order chi connectivity index (χ0) is 39.8. The molecule has 0 N–H and O–H groups in total. The van der Waals surface area contributed by atoms with Gasteiger partial charge in [0.15, 0.2) is 17.5 Å². The molecule has 5 heteroatoms. The standard InChI is InChI=1S/C55H36N4O/c1-5-15-37(16-6-1)39-25-30-44(31-26-39)59(45-32-27-40(28-33-45)38-17-7-2-8-18-38)49-36-51-52(47-24-14-13-23-46(47)49)48-35-43(29-34-50(48)60-51)55-57-53(41-19-9-3-10-20-41)56-54(58-55)42-21-11-4-12-22-42/h1-36H. The second kappa shape index (κ2) is 15.0. The van der Waals surface area contributed by atoms with E-state index in [1.54, 1.807) is 0 Å². The molecule has 0 aliphatic carbocycles. The average Bonchev–Trinajstić information content (AvgIpc) is 3.71. The second-order valence-corrected chi connectivity index (χ2v) is 14.8. The molecule has 0 bridgehead atoms. The SMILES string of the molecule is c1ccc(-c2ccc(N(c3ccc(-c4ccccc4)cc3)c3cc4oc5ccc(-c6nc(-c7ccccc7)nc(-c7ccccc7)n6)cc5c4c4ccccc34)cc2)cc1. The van der Waals surface area contributed by atoms with E-state index in [0.717, 1.165) is 77.6 Å². The third-order valence-electron chi connectivity index (χ3n) is 11.1. The van der Waals surface area contributed by atoms with Gasteiger partial charge < -0.3 is 9.32 Å². The largest absolute Gasteiger partial charge is 0.456 e. The summed E-state index contributed by atoms with van der Waals surface area (Å²) in [5.41, 5.74) is 12.1. The van der Waals surface area contributed by atoms with Crippen LogP contribution in [-0.4, -0.2) is 15.0 Å². The van der Waals surface area contributed by atoms with E-state index in [0.29, 0.717) is 17.5 Å². The molecule has 60 heavy (non-hydrogen) atoms. The first-order chi connectivity index (χ1) is 29.7. The van der Waals surface area contributed by atoms with Crippen molar-refractivity contribution in [1.29, 1.82) is 0 Å². The van der Waals surface area contributed by atoms with Crippen molar-refractivity contribution >= 4 is 49.8 Å². The van der Waals surface area contributed by atoms with Gasteiger partial charge in [-0.1, -0.05) is 170 Å². The number of hydrogen-bond donors (Lipinski definition) is 0. The molecular weight excluding hydrogens is 733 g/mol. The molecule has 2 heterocycles. The number of fused-ring (bicyclic) bond motifs is 5. The van der Waals surface area contributed by atoms with Gasteiger partial charge >= 0.3 is 0 Å². The van der Waals surface area contributed by atoms with Crippen molar-refractivity contribution < 1.29 is 4.42 Å². The van der Waals surface area contributed by atoms with Crippen molar-refractivity contribution in [2.45, 2.75) is 0 Å². The van der Waals surface area contributed by atoms with E-state index in [1.807, 2.05) is 72.8 Å². The highest BCUT2D eigenvalue weighted by Gasteiger charge is 2.22. The quantitative estimate of drug-likeness (QED) is 0.154. The molecular formula is C55H36N4O. The van der Waals surface area contributed by atoms with Gasteiger partial charge in [-0.3, -0.25) is 0 Å². The van der Waals surface area contributed by atoms with Crippen molar-refractivity contribution in [3.63, 3.8) is 0 Å². The van der Waals surface area contributed by atoms with Gasteiger partial charge in [0.1, 0.15) is 11.2 Å². The lowest BCUT2D eigenvalue weighted by Gasteiger charge is -2.27. The molecule has 2 aromatic heterocycles. The summed E-state index contributed by atoms with van der Waals surface area (Å²) < 4.78 is 6.77. The first-order valence-corrected chi connectivity index (χ1v) is 20.1. The van der Waals surface area contributed by atoms with Crippen LogP contribution in [0.5, 0.6) is 0 Å². The summed E-state index contributed by atoms with van der Waals surface area (Å²) in [7, 11) is 0. The van der Waals surface area contributed by atoms with Crippen LogP contribution >= 0.6 is 0 Å². The number of rotatable bonds is 8. The maximum Gasteiger partial charge on any atom is 0.164 e. The summed E-state index contributed by atoms with van der Waals surface area (Å²) in [6.07, 6.45) is 0. The number of anilines is 3. The lowest BCUT2D eigenvalue weighted by atomic mass is 9.99. The zero-order valence-corrected chi connectivity index (χ0v) is 32.5. The number of furan rings is 1. The molecule has 0 radical (unpaired) electrons. The minimum Gasteiger partial charge on any atom is -0.456 e. The normalized spacial score (nSPS) is 11.3. The first-order valence-electron chi connectivity index (χ1n) is 20.1. The highest BCUT2D eigenvalue weighted by Crippen LogP contribution is 2.45. The molecule has 0 unspecified atom stereocenters. The van der Waals surface area contributed by atoms with Crippen molar-refractivity contribution in [3.05, 3.63) is 218 Å². The molecule has 11 rings (SSSR count). The van der Waals surface area contributed by atoms with Gasteiger partial charge in [-0.15, -0.1) is 0 Å². The fourth-order valence-corrected chi connectivity index (χ4v) is 8.18. The Hall–Kier alpha value is -8.15. The highest BCUT2D eigenvalue weighted by molar-refractivity contribution is 6.23. The molecule has 0 fully saturated rings. The molecule has 0 aliphatic heterocycles. The molecule has 5 nitrogen and oxygen atoms in total. The maximum atomic E-state index is 6.77. The Kier molecular flexibility index (Phi) is 8.75. The van der Waals surface area contributed by atoms with Gasteiger partial charge in [-0.2, -0.15) is 0 Å². The second-order valence-electron chi connectivity index (χ2n) is 14.8. The van der Waals surface area contributed by atoms with Crippen LogP contribution in [0.4, 0.5) is 17.1 Å². The zero-order valence-electron chi connectivity index (χ0n) is 32.5. The van der Waals surface area contributed by atoms with Gasteiger partial charge in [0.2, 0.25) is 0 Å². The molecule has 11 aromatic rings. The molecule has 0 amide bonds. The monoisotopic (exact) mass is 768 g/mol. The van der Waals surface area contributed by atoms with Gasteiger partial charge in [-0.05, 0) is 70.1 Å². The van der Waals surface area contributed by atoms with Crippen LogP contribution in [0.3, 0.4) is 0 Å². The predicted molar refractivity (Wildman–Crippen MR) is 246 cm³/mol. The number of benzene rings is 9. The van der Waals surface area contributed by atoms with Crippen LogP contribution in [-0.2, 0) is 0 Å². The Morgan fingerprint density at radius 2 is 0.700 bits per heavy atom. The van der Waals surface area contributed by atoms with Crippen LogP contribution in [0.15, 0.2) is 223 Å². The van der Waals surface area contributed by atoms with Crippen molar-refractivity contribution in [2.75, 3.05) is 4.90 Å². The van der Waals surface area contributed by atoms with Crippen molar-refractivity contribution in [3.8, 4) is 56.4 Å². The van der Waals surface area contributed by atoms with Crippen molar-refractivity contribution in [1.82, 2.24) is 15.0 Å². The Labute approximate surface area is 347 Å². The Bertz CT molecular complexity index is 3140. The topological polar surface area (TPSA) is 55.1 Å². The molecule has 0 saturated carbocycles. The minimum absolute atomic E-state index is 0.601. The average molecular weight is 769 g/mol. The van der Waals surface area contributed by atoms with E-state index in [2.05, 4.69) is 150 Å². The number of nitrogens with zero attached hydrogens (tertiary/aromatic N) is 4. The van der Waals surface area contributed by atoms with E-state index in [1.165, 1.54) is 11.1 Å². The van der Waals surface area contributed by atoms with E-state index < -0.39 is 0 Å². The maximum absolute atomic E-state index is 6.77. The molecule has 0 atom stereocenters. The molecule has 0 saturated heterocycles. The first kappa shape index (κ1) is 35.0. The predicted octanol–water partition coefficient (Wildman–Crippen LogP) is 14.7. The molecule has 282 valence electrons. The number of aromatic nitrogens is 3. The van der Waals surface area contributed by atoms with Crippen molar-refractivity contribution in [2.24, 2.45) is 0 Å². The molecule has 9 aromatic carbocycles. The summed E-state index contributed by atoms with van der Waals surface area (Å²) in [6.45, 7) is 0. The van der Waals surface area contributed by atoms with Crippen LogP contribution in [0.25, 0.3) is 89.1 Å². The van der Waals surface area contributed by atoms with E-state index in [-0.39, 0.29) is 0 Å². The van der Waals surface area contributed by atoms with E-state index in [4.69, 9.17) is 19.4 Å². The smallest absolute Gasteiger partial charge is 0.164 e. The van der Waals surface area contributed by atoms with Gasteiger partial charge in [0.25, 0.3) is 0 Å². The Morgan fingerprint density at radius 1 is 0.300 bits per heavy atom. The van der Waals surface area contributed by atoms with Crippen LogP contribution in [0.1, 0.15) is 0 Å². The highest BCUT2D eigenvalue weighted by atomic mass is 16.3. The van der Waals surface area contributed by atoms with Gasteiger partial charge in [0.05, 0.1) is 5.69 Å².